The van der Waals surface area contributed by atoms with E-state index in [-0.39, 0.29) is 18.4 Å². The molecule has 0 spiro atoms. The number of ether oxygens (including phenoxy) is 3. The van der Waals surface area contributed by atoms with Crippen LogP contribution in [0.25, 0.3) is 0 Å². The van der Waals surface area contributed by atoms with Crippen molar-refractivity contribution >= 4 is 5.97 Å². The van der Waals surface area contributed by atoms with Gasteiger partial charge in [0.1, 0.15) is 6.10 Å². The highest BCUT2D eigenvalue weighted by atomic mass is 16.7. The van der Waals surface area contributed by atoms with E-state index in [4.69, 9.17) is 14.2 Å². The van der Waals surface area contributed by atoms with Gasteiger partial charge in [0.2, 0.25) is 0 Å². The molecule has 0 amide bonds. The summed E-state index contributed by atoms with van der Waals surface area (Å²) in [5.74, 6) is 0.322. The van der Waals surface area contributed by atoms with Crippen LogP contribution in [0.3, 0.4) is 0 Å². The normalized spacial score (nSPS) is 12.9. The van der Waals surface area contributed by atoms with E-state index < -0.39 is 0 Å². The molecule has 0 rings (SSSR count). The number of carbonyl (C=O) groups excluding carboxylic acids is 1. The molecule has 0 aromatic carbocycles. The highest BCUT2D eigenvalue weighted by molar-refractivity contribution is 5.82. The highest BCUT2D eigenvalue weighted by Crippen LogP contribution is 2.17. The van der Waals surface area contributed by atoms with Crippen molar-refractivity contribution in [1.82, 2.24) is 0 Å². The van der Waals surface area contributed by atoms with E-state index in [1.54, 1.807) is 14.2 Å². The Bertz CT molecular complexity index is 283. The van der Waals surface area contributed by atoms with Crippen LogP contribution < -0.4 is 0 Å². The average molecular weight is 272 g/mol. The first-order valence-electron chi connectivity index (χ1n) is 6.75. The fraction of sp³-hybridized carbons (Fsp3) is 0.800. The summed E-state index contributed by atoms with van der Waals surface area (Å²) in [6, 6.07) is 0. The summed E-state index contributed by atoms with van der Waals surface area (Å²) in [4.78, 5) is 11.9. The van der Waals surface area contributed by atoms with Crippen molar-refractivity contribution in [2.75, 3.05) is 14.2 Å². The van der Waals surface area contributed by atoms with Crippen LogP contribution in [-0.2, 0) is 19.0 Å². The number of methoxy groups -OCH3 is 2. The van der Waals surface area contributed by atoms with Gasteiger partial charge in [0.15, 0.2) is 6.29 Å². The molecule has 0 unspecified atom stereocenters. The Kier molecular flexibility index (Phi) is 8.68. The molecule has 0 bridgehead atoms. The van der Waals surface area contributed by atoms with Gasteiger partial charge in [-0.25, -0.2) is 4.79 Å². The van der Waals surface area contributed by atoms with Crippen LogP contribution in [0.4, 0.5) is 0 Å². The smallest absolute Gasteiger partial charge is 0.330 e. The van der Waals surface area contributed by atoms with Crippen molar-refractivity contribution in [3.63, 3.8) is 0 Å². The van der Waals surface area contributed by atoms with Crippen molar-refractivity contribution in [2.24, 2.45) is 11.8 Å². The summed E-state index contributed by atoms with van der Waals surface area (Å²) in [5, 5.41) is 0. The van der Waals surface area contributed by atoms with Crippen molar-refractivity contribution in [1.29, 1.82) is 0 Å². The zero-order valence-corrected chi connectivity index (χ0v) is 13.2. The monoisotopic (exact) mass is 272 g/mol. The quantitative estimate of drug-likeness (QED) is 0.387. The van der Waals surface area contributed by atoms with Crippen LogP contribution in [0, 0.1) is 11.8 Å². The van der Waals surface area contributed by atoms with Crippen LogP contribution in [-0.4, -0.2) is 32.6 Å². The summed E-state index contributed by atoms with van der Waals surface area (Å²) in [6.07, 6.45) is 1.69. The van der Waals surface area contributed by atoms with Crippen molar-refractivity contribution in [2.45, 2.75) is 53.4 Å². The van der Waals surface area contributed by atoms with Gasteiger partial charge in [-0.2, -0.15) is 0 Å². The first-order valence-corrected chi connectivity index (χ1v) is 6.75. The minimum absolute atomic E-state index is 0.0582. The molecule has 4 nitrogen and oxygen atoms in total. The summed E-state index contributed by atoms with van der Waals surface area (Å²) in [7, 11) is 3.15. The molecule has 0 aliphatic rings. The molecular weight excluding hydrogens is 244 g/mol. The van der Waals surface area contributed by atoms with E-state index in [0.717, 1.165) is 5.57 Å². The van der Waals surface area contributed by atoms with Crippen molar-refractivity contribution in [3.05, 3.63) is 11.6 Å². The van der Waals surface area contributed by atoms with Gasteiger partial charge in [0.05, 0.1) is 0 Å². The third-order valence-electron chi connectivity index (χ3n) is 2.95. The Labute approximate surface area is 117 Å². The Balaban J connectivity index is 4.49. The lowest BCUT2D eigenvalue weighted by molar-refractivity contribution is -0.147. The minimum Gasteiger partial charge on any atom is -0.459 e. The Morgan fingerprint density at radius 2 is 1.53 bits per heavy atom. The Morgan fingerprint density at radius 3 is 1.89 bits per heavy atom. The number of rotatable bonds is 8. The SMILES string of the molecule is COC(C/C(C)=C/C(=O)OC(C(C)C)C(C)C)OC. The number of hydrogen-bond donors (Lipinski definition) is 0. The molecule has 4 heteroatoms. The largest absolute Gasteiger partial charge is 0.459 e. The van der Waals surface area contributed by atoms with Gasteiger partial charge in [-0.1, -0.05) is 33.3 Å². The molecule has 0 fully saturated rings. The van der Waals surface area contributed by atoms with E-state index >= 15 is 0 Å². The van der Waals surface area contributed by atoms with Gasteiger partial charge < -0.3 is 14.2 Å². The van der Waals surface area contributed by atoms with Crippen LogP contribution in [0.2, 0.25) is 0 Å². The topological polar surface area (TPSA) is 44.8 Å². The first kappa shape index (κ1) is 18.1. The number of carbonyl (C=O) groups is 1. The molecule has 19 heavy (non-hydrogen) atoms. The van der Waals surface area contributed by atoms with Gasteiger partial charge >= 0.3 is 5.97 Å². The summed E-state index contributed by atoms with van der Waals surface area (Å²) in [6.45, 7) is 10.1. The second kappa shape index (κ2) is 9.10. The minimum atomic E-state index is -0.324. The lowest BCUT2D eigenvalue weighted by atomic mass is 9.96. The summed E-state index contributed by atoms with van der Waals surface area (Å²) in [5.41, 5.74) is 0.880. The lowest BCUT2D eigenvalue weighted by Gasteiger charge is -2.24. The van der Waals surface area contributed by atoms with Gasteiger partial charge in [-0.3, -0.25) is 0 Å². The zero-order valence-electron chi connectivity index (χ0n) is 13.2. The van der Waals surface area contributed by atoms with E-state index in [1.165, 1.54) is 6.08 Å². The molecule has 0 aromatic rings. The predicted molar refractivity (Wildman–Crippen MR) is 75.7 cm³/mol. The maximum absolute atomic E-state index is 11.9. The first-order chi connectivity index (χ1) is 8.81. The fourth-order valence-electron chi connectivity index (χ4n) is 2.00. The van der Waals surface area contributed by atoms with Gasteiger partial charge in [0.25, 0.3) is 0 Å². The second-order valence-electron chi connectivity index (χ2n) is 5.49. The van der Waals surface area contributed by atoms with Crippen molar-refractivity contribution < 1.29 is 19.0 Å². The standard InChI is InChI=1S/C15H28O4/c1-10(2)15(11(3)4)19-13(16)8-12(5)9-14(17-6)18-7/h8,10-11,14-15H,9H2,1-7H3/b12-8+. The van der Waals surface area contributed by atoms with Crippen LogP contribution in [0.1, 0.15) is 41.0 Å². The third-order valence-corrected chi connectivity index (χ3v) is 2.95. The van der Waals surface area contributed by atoms with Gasteiger partial charge in [0, 0.05) is 26.7 Å². The molecule has 0 radical (unpaired) electrons. The predicted octanol–water partition coefficient (Wildman–Crippen LogP) is 3.17. The highest BCUT2D eigenvalue weighted by Gasteiger charge is 2.21. The second-order valence-corrected chi connectivity index (χ2v) is 5.49. The number of esters is 1. The average Bonchev–Trinajstić information content (AvgIpc) is 2.32. The molecule has 0 saturated carbocycles. The zero-order chi connectivity index (χ0) is 15.0. The van der Waals surface area contributed by atoms with E-state index in [2.05, 4.69) is 27.7 Å². The molecule has 0 aliphatic heterocycles. The van der Waals surface area contributed by atoms with E-state index in [1.807, 2.05) is 6.92 Å². The molecule has 0 aromatic heterocycles. The fourth-order valence-corrected chi connectivity index (χ4v) is 2.00. The number of hydrogen-bond acceptors (Lipinski definition) is 4. The van der Waals surface area contributed by atoms with Crippen LogP contribution >= 0.6 is 0 Å². The van der Waals surface area contributed by atoms with Gasteiger partial charge in [-0.05, 0) is 18.8 Å². The van der Waals surface area contributed by atoms with Crippen LogP contribution in [0.5, 0.6) is 0 Å². The van der Waals surface area contributed by atoms with Crippen LogP contribution in [0.15, 0.2) is 11.6 Å². The van der Waals surface area contributed by atoms with Crippen molar-refractivity contribution in [3.8, 4) is 0 Å². The molecular formula is C15H28O4. The van der Waals surface area contributed by atoms with E-state index in [9.17, 15) is 4.79 Å². The summed E-state index contributed by atoms with van der Waals surface area (Å²) >= 11 is 0. The molecule has 0 saturated heterocycles. The molecule has 112 valence electrons. The van der Waals surface area contributed by atoms with Gasteiger partial charge in [-0.15, -0.1) is 0 Å². The summed E-state index contributed by atoms with van der Waals surface area (Å²) < 4.78 is 15.7. The molecule has 0 heterocycles. The third kappa shape index (κ3) is 7.33. The maximum Gasteiger partial charge on any atom is 0.330 e. The Morgan fingerprint density at radius 1 is 1.05 bits per heavy atom. The maximum atomic E-state index is 11.9. The lowest BCUT2D eigenvalue weighted by Crippen LogP contribution is -2.28. The molecule has 0 atom stereocenters. The molecule has 0 aliphatic carbocycles. The van der Waals surface area contributed by atoms with E-state index in [0.29, 0.717) is 18.3 Å². The molecule has 0 N–H and O–H groups in total. The Hall–Kier alpha value is -0.870.